The third kappa shape index (κ3) is 4.87. The van der Waals surface area contributed by atoms with Crippen LogP contribution in [0.5, 0.6) is 11.5 Å². The van der Waals surface area contributed by atoms with Gasteiger partial charge in [-0.15, -0.1) is 0 Å². The number of benzene rings is 2. The van der Waals surface area contributed by atoms with Gasteiger partial charge in [-0.1, -0.05) is 6.07 Å². The number of piperazine rings is 1. The molecule has 2 amide bonds. The van der Waals surface area contributed by atoms with Crippen LogP contribution < -0.4 is 14.4 Å². The molecule has 0 aromatic heterocycles. The number of anilines is 1. The van der Waals surface area contributed by atoms with Gasteiger partial charge in [0.05, 0.1) is 17.7 Å². The van der Waals surface area contributed by atoms with Crippen LogP contribution in [0, 0.1) is 15.9 Å². The van der Waals surface area contributed by atoms with E-state index in [1.807, 2.05) is 0 Å². The minimum absolute atomic E-state index is 0.187. The van der Waals surface area contributed by atoms with E-state index in [1.165, 1.54) is 36.3 Å². The van der Waals surface area contributed by atoms with Crippen molar-refractivity contribution >= 4 is 23.2 Å². The summed E-state index contributed by atoms with van der Waals surface area (Å²) >= 11 is 0. The highest BCUT2D eigenvalue weighted by Gasteiger charge is 2.31. The first kappa shape index (κ1) is 22.5. The monoisotopic (exact) mass is 458 g/mol. The number of carbonyl (C=O) groups is 2. The Bertz CT molecular complexity index is 1090. The van der Waals surface area contributed by atoms with Gasteiger partial charge in [-0.2, -0.15) is 0 Å². The Hall–Kier alpha value is -3.73. The van der Waals surface area contributed by atoms with Crippen molar-refractivity contribution in [1.29, 1.82) is 0 Å². The molecule has 0 unspecified atom stereocenters. The molecule has 4 rings (SSSR count). The Balaban J connectivity index is 1.37. The van der Waals surface area contributed by atoms with Crippen LogP contribution >= 0.6 is 0 Å². The zero-order valence-electron chi connectivity index (χ0n) is 18.0. The molecule has 0 saturated carbocycles. The Morgan fingerprint density at radius 2 is 1.94 bits per heavy atom. The Labute approximate surface area is 189 Å². The van der Waals surface area contributed by atoms with E-state index in [0.717, 1.165) is 5.56 Å². The first-order chi connectivity index (χ1) is 15.9. The summed E-state index contributed by atoms with van der Waals surface area (Å²) in [6.07, 6.45) is 0. The maximum absolute atomic E-state index is 13.9. The van der Waals surface area contributed by atoms with E-state index in [-0.39, 0.29) is 36.2 Å². The van der Waals surface area contributed by atoms with Crippen LogP contribution in [0.4, 0.5) is 15.8 Å². The fraction of sp³-hybridized carbons (Fsp3) is 0.364. The van der Waals surface area contributed by atoms with Crippen molar-refractivity contribution in [2.45, 2.75) is 6.54 Å². The van der Waals surface area contributed by atoms with Crippen LogP contribution in [0.2, 0.25) is 0 Å². The summed E-state index contributed by atoms with van der Waals surface area (Å²) in [4.78, 5) is 40.9. The van der Waals surface area contributed by atoms with Gasteiger partial charge in [0.2, 0.25) is 5.91 Å². The van der Waals surface area contributed by atoms with E-state index in [9.17, 15) is 24.1 Å². The summed E-state index contributed by atoms with van der Waals surface area (Å²) < 4.78 is 24.2. The first-order valence-corrected chi connectivity index (χ1v) is 10.4. The highest BCUT2D eigenvalue weighted by atomic mass is 19.1. The molecule has 174 valence electrons. The number of ether oxygens (including phenoxy) is 2. The maximum Gasteiger partial charge on any atom is 0.271 e. The number of non-ortho nitro benzene ring substituents is 1. The maximum atomic E-state index is 13.9. The van der Waals surface area contributed by atoms with Crippen molar-refractivity contribution in [2.75, 3.05) is 51.3 Å². The summed E-state index contributed by atoms with van der Waals surface area (Å²) in [6, 6.07) is 8.80. The summed E-state index contributed by atoms with van der Waals surface area (Å²) in [6.45, 7) is 2.19. The summed E-state index contributed by atoms with van der Waals surface area (Å²) in [7, 11) is 1.42. The molecule has 2 aromatic rings. The van der Waals surface area contributed by atoms with E-state index < -0.39 is 16.6 Å². The van der Waals surface area contributed by atoms with Crippen LogP contribution in [-0.2, 0) is 16.1 Å². The number of nitrogens with zero attached hydrogens (tertiary/aromatic N) is 4. The van der Waals surface area contributed by atoms with E-state index >= 15 is 0 Å². The van der Waals surface area contributed by atoms with Gasteiger partial charge in [0, 0.05) is 44.9 Å². The second-order valence-electron chi connectivity index (χ2n) is 7.80. The van der Waals surface area contributed by atoms with Crippen molar-refractivity contribution in [3.63, 3.8) is 0 Å². The predicted molar refractivity (Wildman–Crippen MR) is 116 cm³/mol. The van der Waals surface area contributed by atoms with Gasteiger partial charge >= 0.3 is 0 Å². The number of fused-ring (bicyclic) bond motifs is 1. The fourth-order valence-electron chi connectivity index (χ4n) is 3.93. The largest absolute Gasteiger partial charge is 0.494 e. The van der Waals surface area contributed by atoms with Crippen LogP contribution in [-0.4, -0.2) is 73.0 Å². The van der Waals surface area contributed by atoms with Crippen LogP contribution in [0.15, 0.2) is 36.4 Å². The van der Waals surface area contributed by atoms with Crippen LogP contribution in [0.1, 0.15) is 5.56 Å². The van der Waals surface area contributed by atoms with Crippen molar-refractivity contribution < 1.29 is 28.4 Å². The summed E-state index contributed by atoms with van der Waals surface area (Å²) in [5, 5.41) is 11.1. The molecule has 0 atom stereocenters. The molecule has 0 aliphatic carbocycles. The number of nitro benzene ring substituents is 1. The zero-order valence-corrected chi connectivity index (χ0v) is 18.0. The lowest BCUT2D eigenvalue weighted by Gasteiger charge is -2.36. The second kappa shape index (κ2) is 9.41. The van der Waals surface area contributed by atoms with E-state index in [4.69, 9.17) is 9.47 Å². The number of rotatable bonds is 6. The van der Waals surface area contributed by atoms with Gasteiger partial charge in [-0.05, 0) is 23.8 Å². The molecule has 33 heavy (non-hydrogen) atoms. The topological polar surface area (TPSA) is 105 Å². The van der Waals surface area contributed by atoms with Gasteiger partial charge in [0.25, 0.3) is 11.6 Å². The average Bonchev–Trinajstić information content (AvgIpc) is 2.81. The molecule has 1 fully saturated rings. The molecule has 2 aromatic carbocycles. The molecule has 11 heteroatoms. The van der Waals surface area contributed by atoms with Crippen molar-refractivity contribution in [3.8, 4) is 11.5 Å². The molecule has 2 aliphatic rings. The zero-order chi connectivity index (χ0) is 23.5. The lowest BCUT2D eigenvalue weighted by molar-refractivity contribution is -0.384. The third-order valence-electron chi connectivity index (χ3n) is 5.74. The van der Waals surface area contributed by atoms with Crippen LogP contribution in [0.3, 0.4) is 0 Å². The first-order valence-electron chi connectivity index (χ1n) is 10.4. The molecule has 0 bridgehead atoms. The Kier molecular flexibility index (Phi) is 6.40. The summed E-state index contributed by atoms with van der Waals surface area (Å²) in [5.41, 5.74) is 0.840. The highest BCUT2D eigenvalue weighted by molar-refractivity contribution is 6.02. The van der Waals surface area contributed by atoms with E-state index in [2.05, 4.69) is 4.90 Å². The lowest BCUT2D eigenvalue weighted by Crippen LogP contribution is -2.52. The standard InChI is InChI=1S/C22H23FN4O6/c1-32-19-4-2-15(10-17(19)23)12-24-6-8-25(9-7-24)21(28)13-26-18-11-16(27(30)31)3-5-20(18)33-14-22(26)29/h2-5,10-11H,6-9,12-14H2,1H3. The minimum atomic E-state index is -0.562. The smallest absolute Gasteiger partial charge is 0.271 e. The van der Waals surface area contributed by atoms with Gasteiger partial charge in [0.1, 0.15) is 12.3 Å². The number of amides is 2. The molecule has 10 nitrogen and oxygen atoms in total. The predicted octanol–water partition coefficient (Wildman–Crippen LogP) is 1.81. The Morgan fingerprint density at radius 3 is 2.61 bits per heavy atom. The lowest BCUT2D eigenvalue weighted by atomic mass is 10.1. The van der Waals surface area contributed by atoms with Crippen molar-refractivity contribution in [1.82, 2.24) is 9.80 Å². The fourth-order valence-corrected chi connectivity index (χ4v) is 3.93. The Morgan fingerprint density at radius 1 is 1.18 bits per heavy atom. The molecular weight excluding hydrogens is 435 g/mol. The molecule has 2 aliphatic heterocycles. The second-order valence-corrected chi connectivity index (χ2v) is 7.80. The van der Waals surface area contributed by atoms with Gasteiger partial charge in [0.15, 0.2) is 18.2 Å². The van der Waals surface area contributed by atoms with E-state index in [0.29, 0.717) is 38.5 Å². The van der Waals surface area contributed by atoms with Gasteiger partial charge < -0.3 is 14.4 Å². The number of hydrogen-bond acceptors (Lipinski definition) is 7. The molecule has 0 spiro atoms. The van der Waals surface area contributed by atoms with E-state index in [1.54, 1.807) is 17.0 Å². The minimum Gasteiger partial charge on any atom is -0.494 e. The molecule has 2 heterocycles. The third-order valence-corrected chi connectivity index (χ3v) is 5.74. The number of halogens is 1. The van der Waals surface area contributed by atoms with Gasteiger partial charge in [-0.3, -0.25) is 29.5 Å². The number of nitro groups is 1. The number of carbonyl (C=O) groups excluding carboxylic acids is 2. The molecule has 1 saturated heterocycles. The molecular formula is C22H23FN4O6. The van der Waals surface area contributed by atoms with Crippen LogP contribution in [0.25, 0.3) is 0 Å². The summed E-state index contributed by atoms with van der Waals surface area (Å²) in [5.74, 6) is -0.586. The number of hydrogen-bond donors (Lipinski definition) is 0. The quantitative estimate of drug-likeness (QED) is 0.480. The van der Waals surface area contributed by atoms with Gasteiger partial charge in [-0.25, -0.2) is 4.39 Å². The highest BCUT2D eigenvalue weighted by Crippen LogP contribution is 2.35. The normalized spacial score (nSPS) is 16.2. The van der Waals surface area contributed by atoms with Crippen molar-refractivity contribution in [3.05, 3.63) is 57.9 Å². The van der Waals surface area contributed by atoms with Crippen molar-refractivity contribution in [2.24, 2.45) is 0 Å². The number of methoxy groups -OCH3 is 1. The molecule has 0 N–H and O–H groups in total. The SMILES string of the molecule is COc1ccc(CN2CCN(C(=O)CN3C(=O)COc4ccc([N+](=O)[O-])cc43)CC2)cc1F. The average molecular weight is 458 g/mol. The molecule has 0 radical (unpaired) electrons.